The number of methoxy groups -OCH3 is 1. The second-order valence-electron chi connectivity index (χ2n) is 13.0. The van der Waals surface area contributed by atoms with E-state index >= 15 is 0 Å². The largest absolute Gasteiger partial charge is 0.458 e. The molecular weight excluding hydrogens is 558 g/mol. The summed E-state index contributed by atoms with van der Waals surface area (Å²) in [5.74, 6) is -4.73. The van der Waals surface area contributed by atoms with Crippen LogP contribution >= 0.6 is 0 Å². The number of esters is 2. The zero-order chi connectivity index (χ0) is 33.0. The Morgan fingerprint density at radius 1 is 1.14 bits per heavy atom. The SMILES string of the molecule is CC[C@H]1OC(=O)[C@H](C)C(=O)[C@H](C)[C@@H](O[C@@H]2O[C@H](C)C[C@H](N(C)C)[C@H]2OC(C)=O)[C@](C)(OC)C[C@@H](C)C(=O)/C(C)=C\[C@]1(C)O. The van der Waals surface area contributed by atoms with Gasteiger partial charge >= 0.3 is 11.9 Å². The molecule has 11 nitrogen and oxygen atoms in total. The van der Waals surface area contributed by atoms with Gasteiger partial charge in [-0.2, -0.15) is 0 Å². The summed E-state index contributed by atoms with van der Waals surface area (Å²) in [5, 5.41) is 11.2. The Balaban J connectivity index is 2.68. The molecule has 0 saturated carbocycles. The number of hydrogen-bond donors (Lipinski definition) is 1. The van der Waals surface area contributed by atoms with Gasteiger partial charge in [-0.15, -0.1) is 0 Å². The lowest BCUT2D eigenvalue weighted by atomic mass is 9.77. The third-order valence-electron chi connectivity index (χ3n) is 8.92. The van der Waals surface area contributed by atoms with Crippen LogP contribution < -0.4 is 0 Å². The summed E-state index contributed by atoms with van der Waals surface area (Å²) in [6, 6.07) is -0.239. The van der Waals surface area contributed by atoms with Gasteiger partial charge in [0, 0.05) is 25.9 Å². The molecule has 0 radical (unpaired) electrons. The Bertz CT molecular complexity index is 1050. The van der Waals surface area contributed by atoms with Crippen LogP contribution in [0.2, 0.25) is 0 Å². The Kier molecular flexibility index (Phi) is 12.7. The second kappa shape index (κ2) is 14.7. The number of likely N-dealkylation sites (N-methyl/N-ethyl adjacent to an activating group) is 1. The third kappa shape index (κ3) is 8.72. The number of cyclic esters (lactones) is 1. The van der Waals surface area contributed by atoms with E-state index < -0.39 is 71.3 Å². The number of ketones is 2. The monoisotopic (exact) mass is 611 g/mol. The van der Waals surface area contributed by atoms with Crippen LogP contribution in [-0.2, 0) is 42.9 Å². The minimum absolute atomic E-state index is 0.144. The highest BCUT2D eigenvalue weighted by atomic mass is 16.7. The van der Waals surface area contributed by atoms with Crippen LogP contribution in [0, 0.1) is 17.8 Å². The van der Waals surface area contributed by atoms with E-state index in [0.29, 0.717) is 12.0 Å². The second-order valence-corrected chi connectivity index (χ2v) is 13.0. The summed E-state index contributed by atoms with van der Waals surface area (Å²) in [4.78, 5) is 54.8. The van der Waals surface area contributed by atoms with Crippen molar-refractivity contribution < 1.29 is 48.0 Å². The molecule has 0 aromatic heterocycles. The molecule has 0 bridgehead atoms. The quantitative estimate of drug-likeness (QED) is 0.350. The van der Waals surface area contributed by atoms with E-state index in [4.69, 9.17) is 23.7 Å². The van der Waals surface area contributed by atoms with Gasteiger partial charge in [-0.1, -0.05) is 20.8 Å². The van der Waals surface area contributed by atoms with Crippen LogP contribution in [0.1, 0.15) is 81.6 Å². The standard InChI is InChI=1S/C32H53NO10/c1-13-24-31(8,38)15-17(2)25(35)18(3)16-32(9,39-12)28(20(5)26(36)21(6)29(37)42-24)43-30-27(41-22(7)34)23(33(10)11)14-19(4)40-30/h15,18-21,23-24,27-28,30,38H,13-14,16H2,1-12H3/b17-15-/t18-,19-,20+,21-,23+,24-,27-,28-,30+,31+,32-/m1/s1. The van der Waals surface area contributed by atoms with Gasteiger partial charge in [0.05, 0.1) is 23.9 Å². The molecule has 11 atom stereocenters. The lowest BCUT2D eigenvalue weighted by molar-refractivity contribution is -0.297. The number of rotatable bonds is 6. The van der Waals surface area contributed by atoms with Crippen LogP contribution in [0.15, 0.2) is 11.6 Å². The van der Waals surface area contributed by atoms with Crippen molar-refractivity contribution in [2.75, 3.05) is 21.2 Å². The maximum atomic E-state index is 13.9. The zero-order valence-electron chi connectivity index (χ0n) is 28.0. The first-order chi connectivity index (χ1) is 19.8. The highest BCUT2D eigenvalue weighted by molar-refractivity contribution is 6.00. The summed E-state index contributed by atoms with van der Waals surface area (Å²) in [6.07, 6.45) is -1.76. The van der Waals surface area contributed by atoms with Crippen molar-refractivity contribution >= 4 is 23.5 Å². The van der Waals surface area contributed by atoms with Crippen molar-refractivity contribution in [1.29, 1.82) is 0 Å². The van der Waals surface area contributed by atoms with E-state index in [-0.39, 0.29) is 30.8 Å². The first kappa shape index (κ1) is 37.0. The number of nitrogens with zero attached hydrogens (tertiary/aromatic N) is 1. The Hall–Kier alpha value is -2.18. The molecule has 0 amide bonds. The fourth-order valence-corrected chi connectivity index (χ4v) is 6.42. The van der Waals surface area contributed by atoms with Gasteiger partial charge in [0.1, 0.15) is 17.6 Å². The number of ether oxygens (including phenoxy) is 5. The van der Waals surface area contributed by atoms with Gasteiger partial charge in [-0.05, 0) is 79.6 Å². The lowest BCUT2D eigenvalue weighted by Crippen LogP contribution is -2.60. The highest BCUT2D eigenvalue weighted by Crippen LogP contribution is 2.38. The molecule has 0 aromatic carbocycles. The molecule has 2 rings (SSSR count). The minimum atomic E-state index is -1.64. The van der Waals surface area contributed by atoms with Gasteiger partial charge in [-0.3, -0.25) is 19.2 Å². The average molecular weight is 612 g/mol. The number of carbonyl (C=O) groups is 4. The van der Waals surface area contributed by atoms with Crippen LogP contribution in [0.5, 0.6) is 0 Å². The summed E-state index contributed by atoms with van der Waals surface area (Å²) >= 11 is 0. The predicted molar refractivity (Wildman–Crippen MR) is 159 cm³/mol. The van der Waals surface area contributed by atoms with Crippen molar-refractivity contribution in [1.82, 2.24) is 4.90 Å². The molecule has 1 N–H and O–H groups in total. The molecule has 0 spiro atoms. The average Bonchev–Trinajstić information content (AvgIpc) is 2.92. The van der Waals surface area contributed by atoms with Crippen molar-refractivity contribution in [2.45, 2.75) is 130 Å². The molecule has 2 heterocycles. The number of allylic oxidation sites excluding steroid dienone is 1. The smallest absolute Gasteiger partial charge is 0.316 e. The van der Waals surface area contributed by atoms with Crippen LogP contribution in [0.4, 0.5) is 0 Å². The molecule has 1 saturated heterocycles. The van der Waals surface area contributed by atoms with Crippen molar-refractivity contribution in [3.63, 3.8) is 0 Å². The first-order valence-electron chi connectivity index (χ1n) is 15.2. The summed E-state index contributed by atoms with van der Waals surface area (Å²) in [7, 11) is 5.22. The number of hydrogen-bond acceptors (Lipinski definition) is 11. The molecule has 0 aromatic rings. The molecule has 2 aliphatic heterocycles. The van der Waals surface area contributed by atoms with E-state index in [9.17, 15) is 24.3 Å². The normalized spacial score (nSPS) is 41.7. The van der Waals surface area contributed by atoms with Gasteiger partial charge in [0.15, 0.2) is 24.0 Å². The molecule has 2 aliphatic rings. The topological polar surface area (TPSA) is 138 Å². The molecule has 0 aliphatic carbocycles. The molecule has 43 heavy (non-hydrogen) atoms. The highest BCUT2D eigenvalue weighted by Gasteiger charge is 2.50. The lowest BCUT2D eigenvalue weighted by Gasteiger charge is -2.47. The van der Waals surface area contributed by atoms with Gasteiger partial charge < -0.3 is 33.7 Å². The molecule has 1 fully saturated rings. The summed E-state index contributed by atoms with van der Waals surface area (Å²) < 4.78 is 30.2. The predicted octanol–water partition coefficient (Wildman–Crippen LogP) is 3.24. The maximum Gasteiger partial charge on any atom is 0.316 e. The Labute approximate surface area is 256 Å². The van der Waals surface area contributed by atoms with Crippen molar-refractivity contribution in [3.8, 4) is 0 Å². The number of Topliss-reactive ketones (excluding diaryl/α,β-unsaturated/α-hetero) is 2. The number of carbonyl (C=O) groups excluding carboxylic acids is 4. The zero-order valence-corrected chi connectivity index (χ0v) is 28.0. The minimum Gasteiger partial charge on any atom is -0.458 e. The maximum absolute atomic E-state index is 13.9. The van der Waals surface area contributed by atoms with Gasteiger partial charge in [0.2, 0.25) is 0 Å². The summed E-state index contributed by atoms with van der Waals surface area (Å²) in [5.41, 5.74) is -2.56. The number of aliphatic hydroxyl groups is 1. The van der Waals surface area contributed by atoms with Crippen LogP contribution in [0.25, 0.3) is 0 Å². The van der Waals surface area contributed by atoms with E-state index in [1.54, 1.807) is 34.6 Å². The van der Waals surface area contributed by atoms with Crippen molar-refractivity contribution in [3.05, 3.63) is 11.6 Å². The molecule has 246 valence electrons. The van der Waals surface area contributed by atoms with E-state index in [2.05, 4.69) is 0 Å². The van der Waals surface area contributed by atoms with E-state index in [1.807, 2.05) is 25.9 Å². The van der Waals surface area contributed by atoms with Gasteiger partial charge in [0.25, 0.3) is 0 Å². The fourth-order valence-electron chi connectivity index (χ4n) is 6.42. The van der Waals surface area contributed by atoms with E-state index in [1.165, 1.54) is 34.0 Å². The third-order valence-corrected chi connectivity index (χ3v) is 8.92. The molecule has 11 heteroatoms. The summed E-state index contributed by atoms with van der Waals surface area (Å²) in [6.45, 7) is 14.6. The fraction of sp³-hybridized carbons (Fsp3) is 0.812. The molecule has 0 unspecified atom stereocenters. The van der Waals surface area contributed by atoms with Crippen LogP contribution in [0.3, 0.4) is 0 Å². The molecular formula is C32H53NO10. The Morgan fingerprint density at radius 2 is 1.74 bits per heavy atom. The first-order valence-corrected chi connectivity index (χ1v) is 15.2. The van der Waals surface area contributed by atoms with Crippen molar-refractivity contribution in [2.24, 2.45) is 17.8 Å². The van der Waals surface area contributed by atoms with Crippen LogP contribution in [-0.4, -0.2) is 103 Å². The Morgan fingerprint density at radius 3 is 2.26 bits per heavy atom. The van der Waals surface area contributed by atoms with Gasteiger partial charge in [-0.25, -0.2) is 0 Å². The van der Waals surface area contributed by atoms with E-state index in [0.717, 1.165) is 0 Å².